The number of nitrogens with zero attached hydrogens (tertiary/aromatic N) is 2. The van der Waals surface area contributed by atoms with Crippen LogP contribution in [0.4, 0.5) is 5.82 Å². The number of pyridine rings is 1. The lowest BCUT2D eigenvalue weighted by molar-refractivity contribution is 0.925. The first-order chi connectivity index (χ1) is 6.81. The highest BCUT2D eigenvalue weighted by Gasteiger charge is 2.14. The second-order valence-electron chi connectivity index (χ2n) is 3.53. The Balaban J connectivity index is 2.25. The van der Waals surface area contributed by atoms with Gasteiger partial charge in [-0.2, -0.15) is 0 Å². The SMILES string of the molecule is NCc1cc(N2CCCC2)ncc1Br. The summed E-state index contributed by atoms with van der Waals surface area (Å²) in [6, 6.07) is 2.08. The van der Waals surface area contributed by atoms with Crippen molar-refractivity contribution >= 4 is 21.7 Å². The van der Waals surface area contributed by atoms with Crippen molar-refractivity contribution in [1.82, 2.24) is 4.98 Å². The molecule has 1 aromatic heterocycles. The number of aromatic nitrogens is 1. The van der Waals surface area contributed by atoms with Crippen LogP contribution in [0.1, 0.15) is 18.4 Å². The topological polar surface area (TPSA) is 42.1 Å². The minimum Gasteiger partial charge on any atom is -0.357 e. The van der Waals surface area contributed by atoms with E-state index in [0.717, 1.165) is 28.9 Å². The summed E-state index contributed by atoms with van der Waals surface area (Å²) in [6.45, 7) is 2.81. The Kier molecular flexibility index (Phi) is 3.03. The van der Waals surface area contributed by atoms with E-state index in [4.69, 9.17) is 5.73 Å². The number of halogens is 1. The molecule has 1 aromatic rings. The van der Waals surface area contributed by atoms with Crippen molar-refractivity contribution in [2.75, 3.05) is 18.0 Å². The Morgan fingerprint density at radius 2 is 2.14 bits per heavy atom. The van der Waals surface area contributed by atoms with Crippen LogP contribution < -0.4 is 10.6 Å². The van der Waals surface area contributed by atoms with Crippen molar-refractivity contribution in [2.24, 2.45) is 5.73 Å². The molecule has 0 saturated carbocycles. The molecule has 0 bridgehead atoms. The van der Waals surface area contributed by atoms with Crippen LogP contribution in [-0.4, -0.2) is 18.1 Å². The van der Waals surface area contributed by atoms with E-state index in [9.17, 15) is 0 Å². The predicted molar refractivity (Wildman–Crippen MR) is 61.3 cm³/mol. The van der Waals surface area contributed by atoms with E-state index in [1.54, 1.807) is 0 Å². The average Bonchev–Trinajstić information content (AvgIpc) is 2.71. The molecular formula is C10H14BrN3. The zero-order valence-electron chi connectivity index (χ0n) is 8.04. The van der Waals surface area contributed by atoms with Crippen molar-refractivity contribution in [1.29, 1.82) is 0 Å². The van der Waals surface area contributed by atoms with Crippen LogP contribution in [0.15, 0.2) is 16.7 Å². The highest BCUT2D eigenvalue weighted by molar-refractivity contribution is 9.10. The minimum atomic E-state index is 0.559. The van der Waals surface area contributed by atoms with Crippen LogP contribution in [0.25, 0.3) is 0 Å². The minimum absolute atomic E-state index is 0.559. The van der Waals surface area contributed by atoms with Crippen LogP contribution in [-0.2, 0) is 6.54 Å². The summed E-state index contributed by atoms with van der Waals surface area (Å²) in [5.41, 5.74) is 6.77. The molecule has 4 heteroatoms. The zero-order chi connectivity index (χ0) is 9.97. The molecule has 0 atom stereocenters. The van der Waals surface area contributed by atoms with Crippen LogP contribution in [0.5, 0.6) is 0 Å². The summed E-state index contributed by atoms with van der Waals surface area (Å²) >= 11 is 3.44. The predicted octanol–water partition coefficient (Wildman–Crippen LogP) is 1.90. The van der Waals surface area contributed by atoms with Gasteiger partial charge in [0.15, 0.2) is 0 Å². The van der Waals surface area contributed by atoms with Gasteiger partial charge in [-0.25, -0.2) is 4.98 Å². The highest BCUT2D eigenvalue weighted by atomic mass is 79.9. The lowest BCUT2D eigenvalue weighted by atomic mass is 10.2. The fourth-order valence-corrected chi connectivity index (χ4v) is 2.12. The number of hydrogen-bond donors (Lipinski definition) is 1. The van der Waals surface area contributed by atoms with Gasteiger partial charge in [-0.1, -0.05) is 0 Å². The van der Waals surface area contributed by atoms with Gasteiger partial charge in [0.25, 0.3) is 0 Å². The lowest BCUT2D eigenvalue weighted by Gasteiger charge is -2.17. The number of hydrogen-bond acceptors (Lipinski definition) is 3. The summed E-state index contributed by atoms with van der Waals surface area (Å²) in [5, 5.41) is 0. The van der Waals surface area contributed by atoms with E-state index in [1.807, 2.05) is 6.20 Å². The molecule has 1 aliphatic rings. The normalized spacial score (nSPS) is 16.3. The van der Waals surface area contributed by atoms with Gasteiger partial charge in [0.2, 0.25) is 0 Å². The third-order valence-electron chi connectivity index (χ3n) is 2.57. The van der Waals surface area contributed by atoms with Gasteiger partial charge in [-0.3, -0.25) is 0 Å². The lowest BCUT2D eigenvalue weighted by Crippen LogP contribution is -2.19. The van der Waals surface area contributed by atoms with Crippen LogP contribution in [0.2, 0.25) is 0 Å². The quantitative estimate of drug-likeness (QED) is 0.878. The average molecular weight is 256 g/mol. The molecule has 2 N–H and O–H groups in total. The standard InChI is InChI=1S/C10H14BrN3/c11-9-7-13-10(5-8(9)6-12)14-3-1-2-4-14/h5,7H,1-4,6,12H2. The molecule has 0 unspecified atom stereocenters. The molecule has 1 aliphatic heterocycles. The highest BCUT2D eigenvalue weighted by Crippen LogP contribution is 2.23. The first-order valence-corrected chi connectivity index (χ1v) is 5.70. The first-order valence-electron chi connectivity index (χ1n) is 4.90. The maximum absolute atomic E-state index is 5.64. The van der Waals surface area contributed by atoms with Gasteiger partial charge in [-0.15, -0.1) is 0 Å². The van der Waals surface area contributed by atoms with Crippen molar-refractivity contribution in [3.05, 3.63) is 22.3 Å². The number of rotatable bonds is 2. The fraction of sp³-hybridized carbons (Fsp3) is 0.500. The van der Waals surface area contributed by atoms with E-state index >= 15 is 0 Å². The molecule has 0 amide bonds. The molecule has 2 rings (SSSR count). The van der Waals surface area contributed by atoms with Gasteiger partial charge < -0.3 is 10.6 Å². The monoisotopic (exact) mass is 255 g/mol. The molecule has 76 valence electrons. The van der Waals surface area contributed by atoms with E-state index in [1.165, 1.54) is 12.8 Å². The molecule has 0 radical (unpaired) electrons. The van der Waals surface area contributed by atoms with E-state index < -0.39 is 0 Å². The third kappa shape index (κ3) is 1.91. The Morgan fingerprint density at radius 1 is 1.43 bits per heavy atom. The first kappa shape index (κ1) is 9.93. The third-order valence-corrected chi connectivity index (χ3v) is 3.28. The van der Waals surface area contributed by atoms with Gasteiger partial charge in [0, 0.05) is 30.3 Å². The summed E-state index contributed by atoms with van der Waals surface area (Å²) < 4.78 is 1.00. The maximum atomic E-state index is 5.64. The Labute approximate surface area is 92.4 Å². The Morgan fingerprint density at radius 3 is 2.79 bits per heavy atom. The summed E-state index contributed by atoms with van der Waals surface area (Å²) in [6.07, 6.45) is 4.39. The maximum Gasteiger partial charge on any atom is 0.128 e. The smallest absolute Gasteiger partial charge is 0.128 e. The van der Waals surface area contributed by atoms with Gasteiger partial charge >= 0.3 is 0 Å². The van der Waals surface area contributed by atoms with Crippen LogP contribution in [0, 0.1) is 0 Å². The largest absolute Gasteiger partial charge is 0.357 e. The second kappa shape index (κ2) is 4.28. The van der Waals surface area contributed by atoms with Gasteiger partial charge in [0.05, 0.1) is 0 Å². The van der Waals surface area contributed by atoms with Gasteiger partial charge in [-0.05, 0) is 40.4 Å². The molecule has 0 spiro atoms. The second-order valence-corrected chi connectivity index (χ2v) is 4.39. The van der Waals surface area contributed by atoms with Crippen molar-refractivity contribution in [3.63, 3.8) is 0 Å². The molecular weight excluding hydrogens is 242 g/mol. The number of anilines is 1. The summed E-state index contributed by atoms with van der Waals surface area (Å²) in [5.74, 6) is 1.06. The van der Waals surface area contributed by atoms with Crippen molar-refractivity contribution in [3.8, 4) is 0 Å². The molecule has 1 fully saturated rings. The number of nitrogens with two attached hydrogens (primary N) is 1. The molecule has 2 heterocycles. The van der Waals surface area contributed by atoms with Crippen LogP contribution >= 0.6 is 15.9 Å². The summed E-state index contributed by atoms with van der Waals surface area (Å²) in [4.78, 5) is 6.70. The van der Waals surface area contributed by atoms with E-state index in [-0.39, 0.29) is 0 Å². The Hall–Kier alpha value is -0.610. The molecule has 0 aliphatic carbocycles. The molecule has 14 heavy (non-hydrogen) atoms. The van der Waals surface area contributed by atoms with Crippen LogP contribution in [0.3, 0.4) is 0 Å². The summed E-state index contributed by atoms with van der Waals surface area (Å²) in [7, 11) is 0. The van der Waals surface area contributed by atoms with Crippen molar-refractivity contribution < 1.29 is 0 Å². The molecule has 0 aromatic carbocycles. The Bertz CT molecular complexity index is 321. The van der Waals surface area contributed by atoms with E-state index in [2.05, 4.69) is 31.9 Å². The zero-order valence-corrected chi connectivity index (χ0v) is 9.63. The van der Waals surface area contributed by atoms with Crippen molar-refractivity contribution in [2.45, 2.75) is 19.4 Å². The molecule has 3 nitrogen and oxygen atoms in total. The molecule has 1 saturated heterocycles. The fourth-order valence-electron chi connectivity index (χ4n) is 1.74. The van der Waals surface area contributed by atoms with E-state index in [0.29, 0.717) is 6.54 Å². The van der Waals surface area contributed by atoms with Gasteiger partial charge in [0.1, 0.15) is 5.82 Å².